The molecule has 0 N–H and O–H groups in total. The molecule has 0 radical (unpaired) electrons. The van der Waals surface area contributed by atoms with Gasteiger partial charge in [-0.3, -0.25) is 4.68 Å². The molecule has 22 heavy (non-hydrogen) atoms. The van der Waals surface area contributed by atoms with E-state index >= 15 is 0 Å². The number of rotatable bonds is 2. The zero-order chi connectivity index (χ0) is 14.9. The minimum absolute atomic E-state index is 0.259. The van der Waals surface area contributed by atoms with E-state index in [-0.39, 0.29) is 10.8 Å². The van der Waals surface area contributed by atoms with Crippen LogP contribution in [-0.2, 0) is 12.5 Å². The van der Waals surface area contributed by atoms with E-state index in [0.717, 1.165) is 28.6 Å². The lowest BCUT2D eigenvalue weighted by molar-refractivity contribution is 0.738. The predicted molar refractivity (Wildman–Crippen MR) is 81.4 cm³/mol. The van der Waals surface area contributed by atoms with Gasteiger partial charge in [0, 0.05) is 12.4 Å². The van der Waals surface area contributed by atoms with Crippen molar-refractivity contribution < 1.29 is 0 Å². The molecule has 2 fully saturated rings. The molecule has 2 heterocycles. The lowest BCUT2D eigenvalue weighted by atomic mass is 9.93. The molecule has 1 aromatic carbocycles. The van der Waals surface area contributed by atoms with E-state index in [2.05, 4.69) is 34.5 Å². The van der Waals surface area contributed by atoms with Crippen LogP contribution in [-0.4, -0.2) is 19.6 Å². The lowest BCUT2D eigenvalue weighted by Gasteiger charge is -2.09. The van der Waals surface area contributed by atoms with E-state index < -0.39 is 0 Å². The monoisotopic (exact) mass is 289 g/mol. The van der Waals surface area contributed by atoms with Crippen molar-refractivity contribution >= 4 is 10.9 Å². The number of aromatic nitrogens is 4. The largest absolute Gasteiger partial charge is 0.274 e. The molecule has 0 saturated heterocycles. The van der Waals surface area contributed by atoms with Gasteiger partial charge < -0.3 is 0 Å². The van der Waals surface area contributed by atoms with Crippen molar-refractivity contribution in [1.29, 1.82) is 5.26 Å². The van der Waals surface area contributed by atoms with Crippen molar-refractivity contribution in [3.63, 3.8) is 0 Å². The highest BCUT2D eigenvalue weighted by Crippen LogP contribution is 2.78. The summed E-state index contributed by atoms with van der Waals surface area (Å²) in [4.78, 5) is 0. The predicted octanol–water partition coefficient (Wildman–Crippen LogP) is 2.70. The van der Waals surface area contributed by atoms with Crippen molar-refractivity contribution in [2.75, 3.05) is 0 Å². The summed E-state index contributed by atoms with van der Waals surface area (Å²) in [5, 5.41) is 19.5. The minimum atomic E-state index is -0.259. The van der Waals surface area contributed by atoms with Crippen LogP contribution in [0.3, 0.4) is 0 Å². The Morgan fingerprint density at radius 3 is 2.73 bits per heavy atom. The first-order chi connectivity index (χ1) is 10.7. The number of nitrogens with zero attached hydrogens (tertiary/aromatic N) is 5. The smallest absolute Gasteiger partial charge is 0.103 e. The van der Waals surface area contributed by atoms with Gasteiger partial charge >= 0.3 is 0 Å². The van der Waals surface area contributed by atoms with Crippen LogP contribution < -0.4 is 0 Å². The number of fused-ring (bicyclic) bond motifs is 1. The number of aryl methyl sites for hydroxylation is 1. The van der Waals surface area contributed by atoms with Crippen LogP contribution in [0.1, 0.15) is 24.8 Å². The molecule has 108 valence electrons. The van der Waals surface area contributed by atoms with Gasteiger partial charge in [0.25, 0.3) is 0 Å². The van der Waals surface area contributed by atoms with Crippen molar-refractivity contribution in [2.45, 2.75) is 24.7 Å². The first kappa shape index (κ1) is 12.0. The highest BCUT2D eigenvalue weighted by molar-refractivity contribution is 5.81. The zero-order valence-corrected chi connectivity index (χ0v) is 12.3. The Morgan fingerprint density at radius 1 is 1.23 bits per heavy atom. The summed E-state index contributed by atoms with van der Waals surface area (Å²) in [6.07, 6.45) is 9.02. The summed E-state index contributed by atoms with van der Waals surface area (Å²) in [6.45, 7) is 0. The quantitative estimate of drug-likeness (QED) is 0.728. The molecule has 5 heteroatoms. The molecule has 5 rings (SSSR count). The average Bonchev–Trinajstić information content (AvgIpc) is 3.32. The Hall–Kier alpha value is -2.61. The maximum absolute atomic E-state index is 9.71. The molecule has 0 aliphatic heterocycles. The number of hydrogen-bond acceptors (Lipinski definition) is 3. The number of benzene rings is 1. The third-order valence-electron chi connectivity index (χ3n) is 5.43. The minimum Gasteiger partial charge on any atom is -0.274 e. The van der Waals surface area contributed by atoms with E-state index in [1.165, 1.54) is 12.8 Å². The van der Waals surface area contributed by atoms with Gasteiger partial charge in [0.2, 0.25) is 0 Å². The maximum Gasteiger partial charge on any atom is 0.103 e. The Bertz CT molecular complexity index is 953. The lowest BCUT2D eigenvalue weighted by Crippen LogP contribution is -2.07. The van der Waals surface area contributed by atoms with Crippen LogP contribution >= 0.6 is 0 Å². The van der Waals surface area contributed by atoms with Gasteiger partial charge in [-0.25, -0.2) is 4.68 Å². The first-order valence-corrected chi connectivity index (χ1v) is 7.56. The highest BCUT2D eigenvalue weighted by atomic mass is 15.3. The molecule has 2 aliphatic carbocycles. The molecular formula is C17H15N5. The molecule has 1 spiro atoms. The van der Waals surface area contributed by atoms with Crippen LogP contribution in [0.2, 0.25) is 0 Å². The standard InChI is InChI=1S/C17H15N5/c1-21-9-14(8-19-21)22-15-6-13(3-2-12(15)7-20-22)17(11-18)10-16(17)4-5-16/h2-3,6-9H,4-5,10H2,1H3/t17-/m1/s1. The van der Waals surface area contributed by atoms with Gasteiger partial charge in [0.05, 0.1) is 35.6 Å². The van der Waals surface area contributed by atoms with Crippen LogP contribution in [0.5, 0.6) is 0 Å². The second-order valence-corrected chi connectivity index (χ2v) is 6.68. The Balaban J connectivity index is 1.69. The van der Waals surface area contributed by atoms with Crippen molar-refractivity contribution in [3.05, 3.63) is 42.4 Å². The summed E-state index contributed by atoms with van der Waals surface area (Å²) >= 11 is 0. The molecule has 1 atom stereocenters. The topological polar surface area (TPSA) is 59.4 Å². The fraction of sp³-hybridized carbons (Fsp3) is 0.353. The summed E-state index contributed by atoms with van der Waals surface area (Å²) in [5.74, 6) is 0. The van der Waals surface area contributed by atoms with Gasteiger partial charge in [-0.2, -0.15) is 15.5 Å². The molecule has 2 aromatic heterocycles. The summed E-state index contributed by atoms with van der Waals surface area (Å²) < 4.78 is 3.67. The van der Waals surface area contributed by atoms with E-state index in [1.54, 1.807) is 10.9 Å². The highest BCUT2D eigenvalue weighted by Gasteiger charge is 2.75. The van der Waals surface area contributed by atoms with E-state index in [9.17, 15) is 5.26 Å². The van der Waals surface area contributed by atoms with Gasteiger partial charge in [0.1, 0.15) is 5.69 Å². The van der Waals surface area contributed by atoms with Crippen molar-refractivity contribution in [2.24, 2.45) is 12.5 Å². The van der Waals surface area contributed by atoms with E-state index in [4.69, 9.17) is 0 Å². The van der Waals surface area contributed by atoms with Gasteiger partial charge in [0.15, 0.2) is 0 Å². The molecule has 0 unspecified atom stereocenters. The summed E-state index contributed by atoms with van der Waals surface area (Å²) in [6, 6.07) is 8.93. The second-order valence-electron chi connectivity index (χ2n) is 6.68. The molecule has 2 aliphatic rings. The second kappa shape index (κ2) is 3.58. The van der Waals surface area contributed by atoms with Crippen LogP contribution in [0.15, 0.2) is 36.8 Å². The van der Waals surface area contributed by atoms with E-state index in [0.29, 0.717) is 0 Å². The van der Waals surface area contributed by atoms with Gasteiger partial charge in [-0.1, -0.05) is 12.1 Å². The fourth-order valence-corrected chi connectivity index (χ4v) is 3.86. The van der Waals surface area contributed by atoms with Crippen LogP contribution in [0.25, 0.3) is 16.6 Å². The van der Waals surface area contributed by atoms with Crippen LogP contribution in [0, 0.1) is 16.7 Å². The molecular weight excluding hydrogens is 274 g/mol. The SMILES string of the molecule is Cn1cc(-n2ncc3ccc([C@]4(C#N)CC45CC5)cc32)cn1. The Morgan fingerprint density at radius 2 is 2.09 bits per heavy atom. The molecule has 2 saturated carbocycles. The normalized spacial score (nSPS) is 24.5. The average molecular weight is 289 g/mol. The zero-order valence-electron chi connectivity index (χ0n) is 12.3. The van der Waals surface area contributed by atoms with Crippen molar-refractivity contribution in [1.82, 2.24) is 19.6 Å². The fourth-order valence-electron chi connectivity index (χ4n) is 3.86. The molecule has 0 bridgehead atoms. The summed E-state index contributed by atoms with van der Waals surface area (Å²) in [7, 11) is 1.90. The number of nitriles is 1. The third-order valence-corrected chi connectivity index (χ3v) is 5.43. The third kappa shape index (κ3) is 1.32. The number of hydrogen-bond donors (Lipinski definition) is 0. The first-order valence-electron chi connectivity index (χ1n) is 7.56. The van der Waals surface area contributed by atoms with Crippen LogP contribution in [0.4, 0.5) is 0 Å². The summed E-state index contributed by atoms with van der Waals surface area (Å²) in [5.41, 5.74) is 3.16. The van der Waals surface area contributed by atoms with E-state index in [1.807, 2.05) is 24.1 Å². The molecule has 3 aromatic rings. The Labute approximate surface area is 127 Å². The van der Waals surface area contributed by atoms with Crippen molar-refractivity contribution in [3.8, 4) is 11.8 Å². The van der Waals surface area contributed by atoms with Gasteiger partial charge in [-0.15, -0.1) is 0 Å². The maximum atomic E-state index is 9.71. The Kier molecular flexibility index (Phi) is 1.95. The van der Waals surface area contributed by atoms with Gasteiger partial charge in [-0.05, 0) is 36.3 Å². The molecule has 5 nitrogen and oxygen atoms in total. The molecule has 0 amide bonds.